The number of carbonyl (C=O) groups excluding carboxylic acids is 1. The molecule has 2 aliphatic rings. The Bertz CT molecular complexity index is 750. The second-order valence-corrected chi connectivity index (χ2v) is 7.13. The van der Waals surface area contributed by atoms with Gasteiger partial charge in [0.2, 0.25) is 0 Å². The van der Waals surface area contributed by atoms with Gasteiger partial charge in [0, 0.05) is 29.5 Å². The highest BCUT2D eigenvalue weighted by atomic mass is 16.6. The van der Waals surface area contributed by atoms with Gasteiger partial charge < -0.3 is 9.47 Å². The molecule has 0 N–H and O–H groups in total. The number of benzene rings is 1. The van der Waals surface area contributed by atoms with Crippen LogP contribution in [0.25, 0.3) is 10.8 Å². The molecule has 0 bridgehead atoms. The topological polar surface area (TPSA) is 48.4 Å². The molecule has 0 spiro atoms. The van der Waals surface area contributed by atoms with Gasteiger partial charge in [-0.25, -0.2) is 9.78 Å². The standard InChI is InChI=1S/C19H21NO3/c1-19(2)16-14(8-5-11-22-16)17(19)23-18(21)15-13-7-4-3-6-12(13)9-10-20-15/h3-4,6-7,9-10,14,16-17H,5,8,11H2,1-2H3/t14-,16-,17-/m1/s1. The first-order valence-corrected chi connectivity index (χ1v) is 8.25. The van der Waals surface area contributed by atoms with Crippen LogP contribution in [0, 0.1) is 11.3 Å². The molecule has 1 aromatic heterocycles. The number of rotatable bonds is 2. The van der Waals surface area contributed by atoms with Crippen LogP contribution in [0.5, 0.6) is 0 Å². The first kappa shape index (κ1) is 14.6. The molecule has 2 heterocycles. The normalized spacial score (nSPS) is 28.7. The molecule has 0 unspecified atom stereocenters. The van der Waals surface area contributed by atoms with Crippen molar-refractivity contribution in [2.45, 2.75) is 38.9 Å². The van der Waals surface area contributed by atoms with Gasteiger partial charge in [0.05, 0.1) is 6.10 Å². The van der Waals surface area contributed by atoms with Crippen molar-refractivity contribution in [3.05, 3.63) is 42.2 Å². The lowest BCUT2D eigenvalue weighted by Gasteiger charge is -2.58. The maximum atomic E-state index is 12.7. The Morgan fingerprint density at radius 2 is 2.13 bits per heavy atom. The van der Waals surface area contributed by atoms with Gasteiger partial charge >= 0.3 is 5.97 Å². The van der Waals surface area contributed by atoms with E-state index >= 15 is 0 Å². The average molecular weight is 311 g/mol. The summed E-state index contributed by atoms with van der Waals surface area (Å²) in [6.07, 6.45) is 3.88. The summed E-state index contributed by atoms with van der Waals surface area (Å²) < 4.78 is 11.8. The number of pyridine rings is 1. The lowest BCUT2D eigenvalue weighted by Crippen LogP contribution is -2.65. The minimum Gasteiger partial charge on any atom is -0.457 e. The SMILES string of the molecule is CC1(C)[C@@H]2OCCC[C@H]2[C@H]1OC(=O)c1nccc2ccccc12. The molecule has 23 heavy (non-hydrogen) atoms. The summed E-state index contributed by atoms with van der Waals surface area (Å²) in [4.78, 5) is 17.0. The van der Waals surface area contributed by atoms with E-state index < -0.39 is 0 Å². The molecule has 4 heteroatoms. The fourth-order valence-corrected chi connectivity index (χ4v) is 4.17. The van der Waals surface area contributed by atoms with Gasteiger partial charge in [-0.2, -0.15) is 0 Å². The minimum absolute atomic E-state index is 0.0962. The monoisotopic (exact) mass is 311 g/mol. The molecular formula is C19H21NO3. The van der Waals surface area contributed by atoms with E-state index in [1.807, 2.05) is 30.3 Å². The van der Waals surface area contributed by atoms with Crippen molar-refractivity contribution >= 4 is 16.7 Å². The van der Waals surface area contributed by atoms with E-state index in [1.54, 1.807) is 6.20 Å². The van der Waals surface area contributed by atoms with Crippen molar-refractivity contribution in [1.29, 1.82) is 0 Å². The average Bonchev–Trinajstić information content (AvgIpc) is 2.59. The molecule has 0 amide bonds. The number of nitrogens with zero attached hydrogens (tertiary/aromatic N) is 1. The zero-order valence-electron chi connectivity index (χ0n) is 13.5. The smallest absolute Gasteiger partial charge is 0.357 e. The molecule has 1 saturated carbocycles. The van der Waals surface area contributed by atoms with Crippen molar-refractivity contribution in [2.75, 3.05) is 6.61 Å². The van der Waals surface area contributed by atoms with Crippen LogP contribution in [0.3, 0.4) is 0 Å². The molecule has 1 aliphatic carbocycles. The third-order valence-corrected chi connectivity index (χ3v) is 5.32. The van der Waals surface area contributed by atoms with Gasteiger partial charge in [-0.1, -0.05) is 38.1 Å². The predicted molar refractivity (Wildman–Crippen MR) is 87.2 cm³/mol. The highest BCUT2D eigenvalue weighted by Crippen LogP contribution is 2.53. The van der Waals surface area contributed by atoms with Crippen molar-refractivity contribution in [2.24, 2.45) is 11.3 Å². The second-order valence-electron chi connectivity index (χ2n) is 7.13. The van der Waals surface area contributed by atoms with Crippen LogP contribution < -0.4 is 0 Å². The van der Waals surface area contributed by atoms with Crippen LogP contribution in [0.15, 0.2) is 36.5 Å². The molecule has 4 rings (SSSR count). The summed E-state index contributed by atoms with van der Waals surface area (Å²) in [5.74, 6) is -0.0124. The summed E-state index contributed by atoms with van der Waals surface area (Å²) in [5.41, 5.74) is 0.268. The van der Waals surface area contributed by atoms with Gasteiger partial charge in [0.1, 0.15) is 6.10 Å². The van der Waals surface area contributed by atoms with E-state index in [4.69, 9.17) is 9.47 Å². The van der Waals surface area contributed by atoms with Crippen LogP contribution in [0.4, 0.5) is 0 Å². The molecule has 1 aromatic carbocycles. The highest BCUT2D eigenvalue weighted by Gasteiger charge is 2.60. The van der Waals surface area contributed by atoms with Crippen LogP contribution in [0.1, 0.15) is 37.2 Å². The second kappa shape index (κ2) is 5.31. The molecule has 0 radical (unpaired) electrons. The minimum atomic E-state index is -0.330. The van der Waals surface area contributed by atoms with Gasteiger partial charge in [0.25, 0.3) is 0 Å². The third-order valence-electron chi connectivity index (χ3n) is 5.32. The summed E-state index contributed by atoms with van der Waals surface area (Å²) in [5, 5.41) is 1.84. The Hall–Kier alpha value is -1.94. The summed E-state index contributed by atoms with van der Waals surface area (Å²) >= 11 is 0. The van der Waals surface area contributed by atoms with Crippen molar-refractivity contribution in [1.82, 2.24) is 4.98 Å². The lowest BCUT2D eigenvalue weighted by atomic mass is 9.57. The number of aromatic nitrogens is 1. The van der Waals surface area contributed by atoms with E-state index in [0.717, 1.165) is 30.2 Å². The number of fused-ring (bicyclic) bond motifs is 2. The first-order chi connectivity index (χ1) is 11.1. The summed E-state index contributed by atoms with van der Waals surface area (Å²) in [7, 11) is 0. The van der Waals surface area contributed by atoms with E-state index in [1.165, 1.54) is 0 Å². The van der Waals surface area contributed by atoms with Crippen molar-refractivity contribution in [3.63, 3.8) is 0 Å². The van der Waals surface area contributed by atoms with Crippen LogP contribution in [-0.4, -0.2) is 29.8 Å². The third kappa shape index (κ3) is 2.24. The maximum absolute atomic E-state index is 12.7. The Balaban J connectivity index is 1.60. The van der Waals surface area contributed by atoms with Crippen LogP contribution in [0.2, 0.25) is 0 Å². The van der Waals surface area contributed by atoms with E-state index in [2.05, 4.69) is 18.8 Å². The highest BCUT2D eigenvalue weighted by molar-refractivity contribution is 6.02. The molecule has 2 fully saturated rings. The molecular weight excluding hydrogens is 290 g/mol. The zero-order valence-corrected chi connectivity index (χ0v) is 13.5. The van der Waals surface area contributed by atoms with Crippen molar-refractivity contribution in [3.8, 4) is 0 Å². The van der Waals surface area contributed by atoms with Crippen LogP contribution in [-0.2, 0) is 9.47 Å². The molecule has 1 aliphatic heterocycles. The number of esters is 1. The molecule has 120 valence electrons. The predicted octanol–water partition coefficient (Wildman–Crippen LogP) is 3.60. The lowest BCUT2D eigenvalue weighted by molar-refractivity contribution is -0.243. The molecule has 4 nitrogen and oxygen atoms in total. The fourth-order valence-electron chi connectivity index (χ4n) is 4.17. The number of ether oxygens (including phenoxy) is 2. The first-order valence-electron chi connectivity index (χ1n) is 8.25. The molecule has 2 aromatic rings. The zero-order chi connectivity index (χ0) is 16.0. The largest absolute Gasteiger partial charge is 0.457 e. The fraction of sp³-hybridized carbons (Fsp3) is 0.474. The number of hydrogen-bond donors (Lipinski definition) is 0. The van der Waals surface area contributed by atoms with Gasteiger partial charge in [-0.3, -0.25) is 0 Å². The van der Waals surface area contributed by atoms with Gasteiger partial charge in [-0.05, 0) is 24.3 Å². The van der Waals surface area contributed by atoms with E-state index in [0.29, 0.717) is 11.6 Å². The molecule has 3 atom stereocenters. The van der Waals surface area contributed by atoms with Gasteiger partial charge in [-0.15, -0.1) is 0 Å². The maximum Gasteiger partial charge on any atom is 0.357 e. The number of hydrogen-bond acceptors (Lipinski definition) is 4. The van der Waals surface area contributed by atoms with Crippen LogP contribution >= 0.6 is 0 Å². The molecule has 1 saturated heterocycles. The van der Waals surface area contributed by atoms with E-state index in [-0.39, 0.29) is 23.6 Å². The Morgan fingerprint density at radius 3 is 3.00 bits per heavy atom. The number of carbonyl (C=O) groups is 1. The van der Waals surface area contributed by atoms with Crippen molar-refractivity contribution < 1.29 is 14.3 Å². The van der Waals surface area contributed by atoms with Gasteiger partial charge in [0.15, 0.2) is 5.69 Å². The Morgan fingerprint density at radius 1 is 1.30 bits per heavy atom. The Kier molecular flexibility index (Phi) is 3.38. The summed E-state index contributed by atoms with van der Waals surface area (Å²) in [6, 6.07) is 9.67. The Labute approximate surface area is 135 Å². The van der Waals surface area contributed by atoms with E-state index in [9.17, 15) is 4.79 Å². The summed E-state index contributed by atoms with van der Waals surface area (Å²) in [6.45, 7) is 5.05. The quantitative estimate of drug-likeness (QED) is 0.795.